The van der Waals surface area contributed by atoms with Gasteiger partial charge in [-0.3, -0.25) is 4.79 Å². The van der Waals surface area contributed by atoms with Crippen LogP contribution in [0.2, 0.25) is 10.0 Å². The Morgan fingerprint density at radius 2 is 1.89 bits per heavy atom. The number of nitrogens with one attached hydrogen (secondary N) is 1. The first-order valence-electron chi connectivity index (χ1n) is 7.89. The summed E-state index contributed by atoms with van der Waals surface area (Å²) in [6.45, 7) is 2.03. The fourth-order valence-corrected chi connectivity index (χ4v) is 3.06. The number of rotatable bonds is 7. The van der Waals surface area contributed by atoms with E-state index in [9.17, 15) is 4.79 Å². The highest BCUT2D eigenvalue weighted by molar-refractivity contribution is 7.99. The lowest BCUT2D eigenvalue weighted by molar-refractivity contribution is -0.113. The van der Waals surface area contributed by atoms with Crippen molar-refractivity contribution in [2.45, 2.75) is 18.8 Å². The van der Waals surface area contributed by atoms with Crippen LogP contribution in [0.3, 0.4) is 0 Å². The summed E-state index contributed by atoms with van der Waals surface area (Å²) in [6, 6.07) is 12.2. The molecule has 3 rings (SSSR count). The quantitative estimate of drug-likeness (QED) is 0.539. The Morgan fingerprint density at radius 3 is 2.63 bits per heavy atom. The van der Waals surface area contributed by atoms with E-state index in [1.54, 1.807) is 36.4 Å². The number of carbonyl (C=O) groups excluding carboxylic acids is 1. The molecule has 140 valence electrons. The monoisotopic (exact) mass is 423 g/mol. The minimum absolute atomic E-state index is 0.132. The molecule has 0 spiro atoms. The van der Waals surface area contributed by atoms with Crippen molar-refractivity contribution in [3.05, 3.63) is 64.0 Å². The molecule has 1 amide bonds. The summed E-state index contributed by atoms with van der Waals surface area (Å²) in [6.07, 6.45) is 0. The Hall–Kier alpha value is -2.22. The second-order valence-corrected chi connectivity index (χ2v) is 7.30. The molecular weight excluding hydrogens is 409 g/mol. The molecule has 9 heteroatoms. The number of ether oxygens (including phenoxy) is 1. The summed E-state index contributed by atoms with van der Waals surface area (Å²) in [5, 5.41) is 12.1. The molecule has 27 heavy (non-hydrogen) atoms. The predicted molar refractivity (Wildman–Crippen MR) is 106 cm³/mol. The van der Waals surface area contributed by atoms with Gasteiger partial charge in [0.15, 0.2) is 6.61 Å². The second-order valence-electron chi connectivity index (χ2n) is 5.50. The molecule has 0 aliphatic heterocycles. The van der Waals surface area contributed by atoms with E-state index in [1.807, 2.05) is 13.0 Å². The summed E-state index contributed by atoms with van der Waals surface area (Å²) in [5.74, 6) is 0.968. The summed E-state index contributed by atoms with van der Waals surface area (Å²) in [4.78, 5) is 12.0. The molecule has 1 aromatic heterocycles. The fraction of sp³-hybridized carbons (Fsp3) is 0.167. The highest BCUT2D eigenvalue weighted by atomic mass is 35.5. The van der Waals surface area contributed by atoms with Crippen LogP contribution in [0, 0.1) is 6.92 Å². The van der Waals surface area contributed by atoms with Crippen LogP contribution in [0.25, 0.3) is 0 Å². The lowest BCUT2D eigenvalue weighted by atomic mass is 10.2. The molecular formula is C18H15Cl2N3O3S. The Balaban J connectivity index is 1.47. The first kappa shape index (κ1) is 19.5. The number of benzene rings is 2. The Labute approximate surface area is 170 Å². The van der Waals surface area contributed by atoms with Gasteiger partial charge in [-0.15, -0.1) is 10.2 Å². The van der Waals surface area contributed by atoms with Crippen molar-refractivity contribution >= 4 is 46.6 Å². The van der Waals surface area contributed by atoms with E-state index >= 15 is 0 Å². The maximum Gasteiger partial charge on any atom is 0.277 e. The molecule has 0 aliphatic rings. The first-order valence-corrected chi connectivity index (χ1v) is 9.63. The molecule has 2 aromatic carbocycles. The SMILES string of the molecule is Cc1cc(Cl)ccc1OCc1nnc(SCC(=O)Nc2ccc(Cl)cc2)o1. The van der Waals surface area contributed by atoms with Gasteiger partial charge in [0.1, 0.15) is 5.75 Å². The van der Waals surface area contributed by atoms with E-state index in [-0.39, 0.29) is 18.3 Å². The number of aryl methyl sites for hydroxylation is 1. The Morgan fingerprint density at radius 1 is 1.15 bits per heavy atom. The molecule has 3 aromatic rings. The van der Waals surface area contributed by atoms with Gasteiger partial charge in [0.05, 0.1) is 5.75 Å². The average Bonchev–Trinajstić information content (AvgIpc) is 3.09. The molecule has 0 saturated carbocycles. The molecule has 0 atom stereocenters. The van der Waals surface area contributed by atoms with Crippen molar-refractivity contribution < 1.29 is 13.9 Å². The topological polar surface area (TPSA) is 77.2 Å². The maximum absolute atomic E-state index is 12.0. The van der Waals surface area contributed by atoms with Gasteiger partial charge in [0.25, 0.3) is 11.1 Å². The van der Waals surface area contributed by atoms with Crippen LogP contribution in [0.4, 0.5) is 5.69 Å². The van der Waals surface area contributed by atoms with E-state index in [2.05, 4.69) is 15.5 Å². The summed E-state index contributed by atoms with van der Waals surface area (Å²) >= 11 is 12.9. The van der Waals surface area contributed by atoms with Gasteiger partial charge in [0.2, 0.25) is 5.91 Å². The molecule has 0 fully saturated rings. The standard InChI is InChI=1S/C18H15Cl2N3O3S/c1-11-8-13(20)4-7-15(11)25-9-17-22-23-18(26-17)27-10-16(24)21-14-5-2-12(19)3-6-14/h2-8H,9-10H2,1H3,(H,21,24). The Kier molecular flexibility index (Phi) is 6.60. The van der Waals surface area contributed by atoms with E-state index < -0.39 is 0 Å². The summed E-state index contributed by atoms with van der Waals surface area (Å²) in [7, 11) is 0. The minimum Gasteiger partial charge on any atom is -0.484 e. The van der Waals surface area contributed by atoms with Crippen LogP contribution in [0.15, 0.2) is 52.1 Å². The summed E-state index contributed by atoms with van der Waals surface area (Å²) < 4.78 is 11.1. The maximum atomic E-state index is 12.0. The van der Waals surface area contributed by atoms with Crippen molar-refractivity contribution in [1.29, 1.82) is 0 Å². The van der Waals surface area contributed by atoms with Crippen molar-refractivity contribution in [3.8, 4) is 5.75 Å². The summed E-state index contributed by atoms with van der Waals surface area (Å²) in [5.41, 5.74) is 1.58. The zero-order chi connectivity index (χ0) is 19.2. The average molecular weight is 424 g/mol. The molecule has 0 aliphatic carbocycles. The number of aromatic nitrogens is 2. The van der Waals surface area contributed by atoms with Gasteiger partial charge in [-0.25, -0.2) is 0 Å². The van der Waals surface area contributed by atoms with Gasteiger partial charge in [-0.05, 0) is 55.0 Å². The van der Waals surface area contributed by atoms with Crippen LogP contribution >= 0.6 is 35.0 Å². The normalized spacial score (nSPS) is 10.6. The van der Waals surface area contributed by atoms with Crippen LogP contribution < -0.4 is 10.1 Å². The highest BCUT2D eigenvalue weighted by Crippen LogP contribution is 2.23. The number of thioether (sulfide) groups is 1. The molecule has 6 nitrogen and oxygen atoms in total. The number of hydrogen-bond donors (Lipinski definition) is 1. The first-order chi connectivity index (χ1) is 13.0. The van der Waals surface area contributed by atoms with E-state index in [0.29, 0.717) is 32.6 Å². The third-order valence-corrected chi connectivity index (χ3v) is 4.70. The van der Waals surface area contributed by atoms with Crippen molar-refractivity contribution in [3.63, 3.8) is 0 Å². The van der Waals surface area contributed by atoms with E-state index in [4.69, 9.17) is 32.4 Å². The minimum atomic E-state index is -0.185. The third-order valence-electron chi connectivity index (χ3n) is 3.39. The number of halogens is 2. The lowest BCUT2D eigenvalue weighted by Crippen LogP contribution is -2.13. The Bertz CT molecular complexity index is 932. The molecule has 1 heterocycles. The predicted octanol–water partition coefficient (Wildman–Crippen LogP) is 4.99. The van der Waals surface area contributed by atoms with Gasteiger partial charge in [0, 0.05) is 15.7 Å². The van der Waals surface area contributed by atoms with Gasteiger partial charge >= 0.3 is 0 Å². The number of hydrogen-bond acceptors (Lipinski definition) is 6. The van der Waals surface area contributed by atoms with E-state index in [1.165, 1.54) is 0 Å². The molecule has 0 saturated heterocycles. The molecule has 1 N–H and O–H groups in total. The fourth-order valence-electron chi connectivity index (χ4n) is 2.13. The van der Waals surface area contributed by atoms with Crippen LogP contribution in [-0.2, 0) is 11.4 Å². The number of anilines is 1. The zero-order valence-electron chi connectivity index (χ0n) is 14.2. The lowest BCUT2D eigenvalue weighted by Gasteiger charge is -2.06. The third kappa shape index (κ3) is 5.89. The molecule has 0 unspecified atom stereocenters. The van der Waals surface area contributed by atoms with Crippen molar-refractivity contribution in [2.24, 2.45) is 0 Å². The van der Waals surface area contributed by atoms with Crippen molar-refractivity contribution in [2.75, 3.05) is 11.1 Å². The second kappa shape index (κ2) is 9.12. The van der Waals surface area contributed by atoms with Gasteiger partial charge < -0.3 is 14.5 Å². The molecule has 0 radical (unpaired) electrons. The van der Waals surface area contributed by atoms with Crippen LogP contribution in [0.1, 0.15) is 11.5 Å². The van der Waals surface area contributed by atoms with Crippen molar-refractivity contribution in [1.82, 2.24) is 10.2 Å². The molecule has 0 bridgehead atoms. The van der Waals surface area contributed by atoms with Gasteiger partial charge in [-0.2, -0.15) is 0 Å². The number of carbonyl (C=O) groups is 1. The number of nitrogens with zero attached hydrogens (tertiary/aromatic N) is 2. The highest BCUT2D eigenvalue weighted by Gasteiger charge is 2.11. The van der Waals surface area contributed by atoms with Crippen LogP contribution in [-0.4, -0.2) is 21.9 Å². The number of amides is 1. The van der Waals surface area contributed by atoms with Gasteiger partial charge in [-0.1, -0.05) is 35.0 Å². The largest absolute Gasteiger partial charge is 0.484 e. The zero-order valence-corrected chi connectivity index (χ0v) is 16.6. The smallest absolute Gasteiger partial charge is 0.277 e. The van der Waals surface area contributed by atoms with E-state index in [0.717, 1.165) is 17.3 Å². The van der Waals surface area contributed by atoms with Crippen LogP contribution in [0.5, 0.6) is 5.75 Å².